The van der Waals surface area contributed by atoms with Gasteiger partial charge in [0.15, 0.2) is 5.79 Å². The Labute approximate surface area is 121 Å². The van der Waals surface area contributed by atoms with Crippen molar-refractivity contribution in [2.45, 2.75) is 19.6 Å². The van der Waals surface area contributed by atoms with Gasteiger partial charge in [0, 0.05) is 13.1 Å². The van der Waals surface area contributed by atoms with E-state index in [2.05, 4.69) is 0 Å². The number of hydrogen-bond donors (Lipinski definition) is 0. The van der Waals surface area contributed by atoms with Crippen LogP contribution in [0.15, 0.2) is 12.1 Å². The largest absolute Gasteiger partial charge is 0.350 e. The molecule has 1 aromatic heterocycles. The van der Waals surface area contributed by atoms with Crippen molar-refractivity contribution in [1.29, 1.82) is 0 Å². The number of thiophene rings is 1. The first-order chi connectivity index (χ1) is 8.89. The average Bonchev–Trinajstić information content (AvgIpc) is 2.73. The van der Waals surface area contributed by atoms with E-state index < -0.39 is 5.79 Å². The Morgan fingerprint density at radius 2 is 1.95 bits per heavy atom. The first-order valence-electron chi connectivity index (χ1n) is 6.22. The molecule has 4 nitrogen and oxygen atoms in total. The topological polar surface area (TPSA) is 38.8 Å². The summed E-state index contributed by atoms with van der Waals surface area (Å²) < 4.78 is 12.0. The molecule has 0 aromatic carbocycles. The quantitative estimate of drug-likeness (QED) is 0.800. The SMILES string of the molecule is CC1(C)OCC2(CO1)CN(C(=O)c1ccc(Cl)s1)C2. The van der Waals surface area contributed by atoms with Gasteiger partial charge in [0.2, 0.25) is 0 Å². The van der Waals surface area contributed by atoms with Crippen molar-refractivity contribution < 1.29 is 14.3 Å². The Bertz CT molecular complexity index is 496. The zero-order valence-corrected chi connectivity index (χ0v) is 12.5. The molecule has 0 N–H and O–H groups in total. The van der Waals surface area contributed by atoms with Gasteiger partial charge in [0.05, 0.1) is 27.8 Å². The second-order valence-corrected chi connectivity index (χ2v) is 7.46. The number of hydrogen-bond acceptors (Lipinski definition) is 4. The molecule has 1 spiro atoms. The molecule has 104 valence electrons. The van der Waals surface area contributed by atoms with E-state index in [1.807, 2.05) is 18.7 Å². The first-order valence-corrected chi connectivity index (χ1v) is 7.41. The summed E-state index contributed by atoms with van der Waals surface area (Å²) in [5.74, 6) is -0.455. The number of halogens is 1. The Balaban J connectivity index is 1.60. The summed E-state index contributed by atoms with van der Waals surface area (Å²) in [5.41, 5.74) is -0.0216. The van der Waals surface area contributed by atoms with Crippen LogP contribution in [0.1, 0.15) is 23.5 Å². The number of ether oxygens (including phenoxy) is 2. The van der Waals surface area contributed by atoms with Crippen LogP contribution in [0.3, 0.4) is 0 Å². The van der Waals surface area contributed by atoms with Gasteiger partial charge < -0.3 is 14.4 Å². The minimum Gasteiger partial charge on any atom is -0.350 e. The highest BCUT2D eigenvalue weighted by Gasteiger charge is 2.50. The second-order valence-electron chi connectivity index (χ2n) is 5.74. The molecule has 0 unspecified atom stereocenters. The van der Waals surface area contributed by atoms with Crippen LogP contribution in [0.5, 0.6) is 0 Å². The predicted molar refractivity (Wildman–Crippen MR) is 73.6 cm³/mol. The van der Waals surface area contributed by atoms with E-state index in [4.69, 9.17) is 21.1 Å². The van der Waals surface area contributed by atoms with Gasteiger partial charge in [0.25, 0.3) is 5.91 Å². The second kappa shape index (κ2) is 4.45. The van der Waals surface area contributed by atoms with Crippen molar-refractivity contribution in [2.75, 3.05) is 26.3 Å². The lowest BCUT2D eigenvalue weighted by atomic mass is 9.80. The molecule has 1 amide bonds. The summed E-state index contributed by atoms with van der Waals surface area (Å²) in [5, 5.41) is 0. The fourth-order valence-electron chi connectivity index (χ4n) is 2.41. The zero-order valence-electron chi connectivity index (χ0n) is 10.9. The molecule has 2 aliphatic heterocycles. The molecule has 3 rings (SSSR count). The number of rotatable bonds is 1. The van der Waals surface area contributed by atoms with Crippen LogP contribution in [0.25, 0.3) is 0 Å². The molecule has 6 heteroatoms. The van der Waals surface area contributed by atoms with Gasteiger partial charge in [-0.05, 0) is 26.0 Å². The maximum Gasteiger partial charge on any atom is 0.264 e. The Morgan fingerprint density at radius 1 is 1.32 bits per heavy atom. The van der Waals surface area contributed by atoms with Gasteiger partial charge >= 0.3 is 0 Å². The van der Waals surface area contributed by atoms with E-state index in [1.165, 1.54) is 11.3 Å². The van der Waals surface area contributed by atoms with Crippen LogP contribution in [0.2, 0.25) is 4.34 Å². The summed E-state index contributed by atoms with van der Waals surface area (Å²) in [6.45, 7) is 6.50. The number of amides is 1. The lowest BCUT2D eigenvalue weighted by molar-refractivity contribution is -0.301. The highest BCUT2D eigenvalue weighted by atomic mass is 35.5. The highest BCUT2D eigenvalue weighted by Crippen LogP contribution is 2.38. The minimum absolute atomic E-state index is 0.0216. The van der Waals surface area contributed by atoms with Gasteiger partial charge in [-0.1, -0.05) is 11.6 Å². The summed E-state index contributed by atoms with van der Waals surface area (Å²) in [4.78, 5) is 14.7. The highest BCUT2D eigenvalue weighted by molar-refractivity contribution is 7.17. The van der Waals surface area contributed by atoms with E-state index in [0.717, 1.165) is 0 Å². The molecule has 1 aromatic rings. The van der Waals surface area contributed by atoms with E-state index in [9.17, 15) is 4.79 Å². The first kappa shape index (κ1) is 13.4. The number of carbonyl (C=O) groups excluding carboxylic acids is 1. The van der Waals surface area contributed by atoms with E-state index in [1.54, 1.807) is 12.1 Å². The number of nitrogens with zero attached hydrogens (tertiary/aromatic N) is 1. The lowest BCUT2D eigenvalue weighted by Crippen LogP contribution is -2.65. The average molecular weight is 302 g/mol. The molecule has 19 heavy (non-hydrogen) atoms. The predicted octanol–water partition coefficient (Wildman–Crippen LogP) is 2.63. The Kier molecular flexibility index (Phi) is 3.13. The van der Waals surface area contributed by atoms with Crippen molar-refractivity contribution in [3.63, 3.8) is 0 Å². The molecular weight excluding hydrogens is 286 g/mol. The van der Waals surface area contributed by atoms with Gasteiger partial charge in [-0.2, -0.15) is 0 Å². The third-order valence-corrected chi connectivity index (χ3v) is 4.79. The molecule has 0 saturated carbocycles. The maximum atomic E-state index is 12.2. The third kappa shape index (κ3) is 2.52. The summed E-state index contributed by atoms with van der Waals surface area (Å²) in [6, 6.07) is 3.53. The van der Waals surface area contributed by atoms with Crippen molar-refractivity contribution >= 4 is 28.8 Å². The van der Waals surface area contributed by atoms with Crippen molar-refractivity contribution in [3.8, 4) is 0 Å². The van der Waals surface area contributed by atoms with Crippen LogP contribution < -0.4 is 0 Å². The van der Waals surface area contributed by atoms with Crippen molar-refractivity contribution in [1.82, 2.24) is 4.90 Å². The summed E-state index contributed by atoms with van der Waals surface area (Å²) in [7, 11) is 0. The minimum atomic E-state index is -0.503. The van der Waals surface area contributed by atoms with E-state index >= 15 is 0 Å². The molecule has 0 aliphatic carbocycles. The van der Waals surface area contributed by atoms with Gasteiger partial charge in [-0.25, -0.2) is 0 Å². The fourth-order valence-corrected chi connectivity index (χ4v) is 3.42. The summed E-state index contributed by atoms with van der Waals surface area (Å²) in [6.07, 6.45) is 0. The molecular formula is C13H16ClNO3S. The normalized spacial score (nSPS) is 24.3. The standard InChI is InChI=1S/C13H16ClNO3S/c1-12(2)17-7-13(8-18-12)5-15(6-13)11(16)9-3-4-10(14)19-9/h3-4H,5-8H2,1-2H3. The van der Waals surface area contributed by atoms with Gasteiger partial charge in [-0.15, -0.1) is 11.3 Å². The Morgan fingerprint density at radius 3 is 2.47 bits per heavy atom. The molecule has 0 radical (unpaired) electrons. The monoisotopic (exact) mass is 301 g/mol. The molecule has 2 fully saturated rings. The van der Waals surface area contributed by atoms with E-state index in [0.29, 0.717) is 35.5 Å². The van der Waals surface area contributed by atoms with Crippen LogP contribution in [-0.2, 0) is 9.47 Å². The smallest absolute Gasteiger partial charge is 0.264 e. The van der Waals surface area contributed by atoms with Crippen molar-refractivity contribution in [3.05, 3.63) is 21.3 Å². The number of carbonyl (C=O) groups is 1. The van der Waals surface area contributed by atoms with Gasteiger partial charge in [0.1, 0.15) is 0 Å². The van der Waals surface area contributed by atoms with Gasteiger partial charge in [-0.3, -0.25) is 4.79 Å². The van der Waals surface area contributed by atoms with Crippen LogP contribution >= 0.6 is 22.9 Å². The number of likely N-dealkylation sites (tertiary alicyclic amines) is 1. The lowest BCUT2D eigenvalue weighted by Gasteiger charge is -2.53. The molecule has 2 aliphatic rings. The zero-order chi connectivity index (χ0) is 13.7. The summed E-state index contributed by atoms with van der Waals surface area (Å²) >= 11 is 7.17. The Hall–Kier alpha value is -0.620. The van der Waals surface area contributed by atoms with Crippen LogP contribution in [-0.4, -0.2) is 42.9 Å². The fraction of sp³-hybridized carbons (Fsp3) is 0.615. The van der Waals surface area contributed by atoms with Crippen LogP contribution in [0.4, 0.5) is 0 Å². The third-order valence-electron chi connectivity index (χ3n) is 3.58. The maximum absolute atomic E-state index is 12.2. The van der Waals surface area contributed by atoms with E-state index in [-0.39, 0.29) is 11.3 Å². The molecule has 0 bridgehead atoms. The van der Waals surface area contributed by atoms with Crippen LogP contribution in [0, 0.1) is 5.41 Å². The van der Waals surface area contributed by atoms with Crippen molar-refractivity contribution in [2.24, 2.45) is 5.41 Å². The molecule has 0 atom stereocenters. The molecule has 3 heterocycles. The molecule has 2 saturated heterocycles.